The van der Waals surface area contributed by atoms with Crippen molar-refractivity contribution < 1.29 is 4.39 Å². The van der Waals surface area contributed by atoms with Crippen molar-refractivity contribution in [2.45, 2.75) is 43.5 Å². The highest BCUT2D eigenvalue weighted by molar-refractivity contribution is 7.99. The molecule has 0 saturated carbocycles. The molecule has 1 aromatic carbocycles. The summed E-state index contributed by atoms with van der Waals surface area (Å²) in [5.74, 6) is 0.951. The summed E-state index contributed by atoms with van der Waals surface area (Å²) in [6.45, 7) is 3.25. The van der Waals surface area contributed by atoms with Crippen LogP contribution in [0.25, 0.3) is 0 Å². The Kier molecular flexibility index (Phi) is 4.86. The van der Waals surface area contributed by atoms with Crippen molar-refractivity contribution in [3.63, 3.8) is 0 Å². The summed E-state index contributed by atoms with van der Waals surface area (Å²) in [7, 11) is 0. The Morgan fingerprint density at radius 1 is 1.41 bits per heavy atom. The summed E-state index contributed by atoms with van der Waals surface area (Å²) in [6, 6.07) is 5.78. The molecule has 0 radical (unpaired) electrons. The minimum absolute atomic E-state index is 0.0624. The van der Waals surface area contributed by atoms with E-state index in [9.17, 15) is 4.39 Å². The third kappa shape index (κ3) is 3.23. The third-order valence-corrected chi connectivity index (χ3v) is 4.36. The van der Waals surface area contributed by atoms with Gasteiger partial charge in [-0.15, -0.1) is 11.8 Å². The molecule has 0 bridgehead atoms. The molecule has 0 saturated heterocycles. The summed E-state index contributed by atoms with van der Waals surface area (Å²) in [4.78, 5) is 0.853. The second kappa shape index (κ2) is 6.41. The number of benzene rings is 1. The Labute approximate surface area is 107 Å². The smallest absolute Gasteiger partial charge is 0.137 e. The summed E-state index contributed by atoms with van der Waals surface area (Å²) in [6.07, 6.45) is 4.83. The van der Waals surface area contributed by atoms with Crippen LogP contribution in [0.4, 0.5) is 4.39 Å². The molecule has 1 heterocycles. The number of nitrogens with one attached hydrogen (secondary N) is 1. The quantitative estimate of drug-likeness (QED) is 0.791. The minimum atomic E-state index is -0.0624. The third-order valence-electron chi connectivity index (χ3n) is 3.20. The molecule has 1 nitrogen and oxygen atoms in total. The van der Waals surface area contributed by atoms with Crippen molar-refractivity contribution in [2.24, 2.45) is 0 Å². The van der Waals surface area contributed by atoms with Crippen LogP contribution in [0, 0.1) is 5.82 Å². The average Bonchev–Trinajstić information content (AvgIpc) is 2.36. The van der Waals surface area contributed by atoms with Gasteiger partial charge in [-0.25, -0.2) is 4.39 Å². The van der Waals surface area contributed by atoms with Crippen molar-refractivity contribution in [3.8, 4) is 0 Å². The zero-order valence-corrected chi connectivity index (χ0v) is 11.2. The van der Waals surface area contributed by atoms with E-state index in [1.807, 2.05) is 6.07 Å². The number of thioether (sulfide) groups is 1. The molecule has 3 heteroatoms. The van der Waals surface area contributed by atoms with Crippen LogP contribution in [0.3, 0.4) is 0 Å². The normalized spacial score (nSPS) is 19.1. The van der Waals surface area contributed by atoms with Gasteiger partial charge in [0.15, 0.2) is 0 Å². The van der Waals surface area contributed by atoms with Gasteiger partial charge < -0.3 is 5.32 Å². The van der Waals surface area contributed by atoms with Crippen molar-refractivity contribution in [1.82, 2.24) is 5.32 Å². The number of hydrogen-bond acceptors (Lipinski definition) is 2. The first kappa shape index (κ1) is 12.9. The maximum atomic E-state index is 13.6. The van der Waals surface area contributed by atoms with E-state index in [2.05, 4.69) is 18.3 Å². The molecule has 1 aliphatic rings. The lowest BCUT2D eigenvalue weighted by Crippen LogP contribution is -2.25. The van der Waals surface area contributed by atoms with E-state index in [1.54, 1.807) is 17.8 Å². The van der Waals surface area contributed by atoms with Crippen molar-refractivity contribution >= 4 is 11.8 Å². The topological polar surface area (TPSA) is 12.0 Å². The Morgan fingerprint density at radius 3 is 3.12 bits per heavy atom. The molecule has 0 fully saturated rings. The van der Waals surface area contributed by atoms with E-state index in [0.29, 0.717) is 6.04 Å². The van der Waals surface area contributed by atoms with E-state index in [-0.39, 0.29) is 5.82 Å². The molecule has 1 N–H and O–H groups in total. The molecule has 0 aromatic heterocycles. The van der Waals surface area contributed by atoms with E-state index in [4.69, 9.17) is 0 Å². The SMILES string of the molecule is CCCCCNC1CCSc2c(F)cccc21. The van der Waals surface area contributed by atoms with Crippen LogP contribution in [-0.2, 0) is 0 Å². The largest absolute Gasteiger partial charge is 0.310 e. The van der Waals surface area contributed by atoms with Crippen LogP contribution in [0.2, 0.25) is 0 Å². The zero-order chi connectivity index (χ0) is 12.1. The molecular formula is C14H20FNS. The monoisotopic (exact) mass is 253 g/mol. The number of rotatable bonds is 5. The second-order valence-corrected chi connectivity index (χ2v) is 5.61. The standard InChI is InChI=1S/C14H20FNS/c1-2-3-4-9-16-13-8-10-17-14-11(13)6-5-7-12(14)15/h5-7,13,16H,2-4,8-10H2,1H3. The molecule has 0 spiro atoms. The molecule has 1 atom stereocenters. The molecule has 94 valence electrons. The van der Waals surface area contributed by atoms with Gasteiger partial charge in [0.1, 0.15) is 5.82 Å². The van der Waals surface area contributed by atoms with Gasteiger partial charge in [-0.3, -0.25) is 0 Å². The van der Waals surface area contributed by atoms with E-state index in [0.717, 1.165) is 29.2 Å². The number of fused-ring (bicyclic) bond motifs is 1. The van der Waals surface area contributed by atoms with Crippen LogP contribution < -0.4 is 5.32 Å². The van der Waals surface area contributed by atoms with Gasteiger partial charge in [0.2, 0.25) is 0 Å². The van der Waals surface area contributed by atoms with Crippen molar-refractivity contribution in [1.29, 1.82) is 0 Å². The second-order valence-electron chi connectivity index (χ2n) is 4.51. The maximum Gasteiger partial charge on any atom is 0.137 e. The first-order chi connectivity index (χ1) is 8.33. The van der Waals surface area contributed by atoms with Crippen molar-refractivity contribution in [2.75, 3.05) is 12.3 Å². The van der Waals surface area contributed by atoms with Gasteiger partial charge in [-0.05, 0) is 36.8 Å². The van der Waals surface area contributed by atoms with Crippen LogP contribution in [-0.4, -0.2) is 12.3 Å². The molecule has 1 unspecified atom stereocenters. The highest BCUT2D eigenvalue weighted by atomic mass is 32.2. The maximum absolute atomic E-state index is 13.6. The zero-order valence-electron chi connectivity index (χ0n) is 10.3. The van der Waals surface area contributed by atoms with Gasteiger partial charge in [0.05, 0.1) is 0 Å². The van der Waals surface area contributed by atoms with Gasteiger partial charge in [0.25, 0.3) is 0 Å². The highest BCUT2D eigenvalue weighted by Gasteiger charge is 2.22. The Balaban J connectivity index is 1.99. The molecule has 17 heavy (non-hydrogen) atoms. The number of unbranched alkanes of at least 4 members (excludes halogenated alkanes) is 2. The summed E-state index contributed by atoms with van der Waals surface area (Å²) in [5.41, 5.74) is 1.15. The highest BCUT2D eigenvalue weighted by Crippen LogP contribution is 2.37. The van der Waals surface area contributed by atoms with Crippen LogP contribution in [0.15, 0.2) is 23.1 Å². The Bertz CT molecular complexity index is 367. The molecule has 2 rings (SSSR count). The molecule has 1 aliphatic heterocycles. The molecule has 1 aromatic rings. The number of halogens is 1. The first-order valence-electron chi connectivity index (χ1n) is 6.47. The number of hydrogen-bond donors (Lipinski definition) is 1. The van der Waals surface area contributed by atoms with Crippen LogP contribution in [0.1, 0.15) is 44.2 Å². The van der Waals surface area contributed by atoms with Gasteiger partial charge in [0, 0.05) is 10.9 Å². The van der Waals surface area contributed by atoms with Gasteiger partial charge in [-0.2, -0.15) is 0 Å². The van der Waals surface area contributed by atoms with E-state index in [1.165, 1.54) is 19.3 Å². The average molecular weight is 253 g/mol. The Morgan fingerprint density at radius 2 is 2.29 bits per heavy atom. The fourth-order valence-corrected chi connectivity index (χ4v) is 3.39. The van der Waals surface area contributed by atoms with Gasteiger partial charge in [-0.1, -0.05) is 31.9 Å². The van der Waals surface area contributed by atoms with Crippen LogP contribution in [0.5, 0.6) is 0 Å². The fourth-order valence-electron chi connectivity index (χ4n) is 2.25. The summed E-state index contributed by atoms with van der Waals surface area (Å²) < 4.78 is 13.6. The predicted molar refractivity (Wildman–Crippen MR) is 72.0 cm³/mol. The molecule has 0 aliphatic carbocycles. The Hall–Kier alpha value is -0.540. The lowest BCUT2D eigenvalue weighted by Gasteiger charge is -2.26. The molecular weight excluding hydrogens is 233 g/mol. The van der Waals surface area contributed by atoms with E-state index >= 15 is 0 Å². The molecule has 0 amide bonds. The fraction of sp³-hybridized carbons (Fsp3) is 0.571. The van der Waals surface area contributed by atoms with Gasteiger partial charge >= 0.3 is 0 Å². The van der Waals surface area contributed by atoms with Crippen LogP contribution >= 0.6 is 11.8 Å². The summed E-state index contributed by atoms with van der Waals surface area (Å²) in [5, 5.41) is 3.56. The van der Waals surface area contributed by atoms with Crippen molar-refractivity contribution in [3.05, 3.63) is 29.6 Å². The summed E-state index contributed by atoms with van der Waals surface area (Å²) >= 11 is 1.65. The lowest BCUT2D eigenvalue weighted by atomic mass is 10.0. The minimum Gasteiger partial charge on any atom is -0.310 e. The van der Waals surface area contributed by atoms with E-state index < -0.39 is 0 Å². The predicted octanol–water partition coefficient (Wildman–Crippen LogP) is 4.14. The lowest BCUT2D eigenvalue weighted by molar-refractivity contribution is 0.484. The first-order valence-corrected chi connectivity index (χ1v) is 7.46.